The predicted octanol–water partition coefficient (Wildman–Crippen LogP) is 2.13. The summed E-state index contributed by atoms with van der Waals surface area (Å²) >= 11 is 0. The summed E-state index contributed by atoms with van der Waals surface area (Å²) in [4.78, 5) is 24.1. The first-order valence-corrected chi connectivity index (χ1v) is 7.66. The van der Waals surface area contributed by atoms with Crippen molar-refractivity contribution in [3.8, 4) is 0 Å². The molecule has 0 aliphatic carbocycles. The number of hydrogen-bond acceptors (Lipinski definition) is 4. The van der Waals surface area contributed by atoms with E-state index in [0.717, 1.165) is 5.56 Å². The van der Waals surface area contributed by atoms with Gasteiger partial charge in [0.15, 0.2) is 11.2 Å². The van der Waals surface area contributed by atoms with Gasteiger partial charge in [-0.3, -0.25) is 9.59 Å². The van der Waals surface area contributed by atoms with Crippen LogP contribution in [0.15, 0.2) is 69.9 Å². The van der Waals surface area contributed by atoms with Crippen LogP contribution < -0.4 is 10.7 Å². The highest BCUT2D eigenvalue weighted by Gasteiger charge is 2.14. The topological polar surface area (TPSA) is 79.5 Å². The summed E-state index contributed by atoms with van der Waals surface area (Å²) in [6, 6.07) is 17.4. The summed E-state index contributed by atoms with van der Waals surface area (Å²) in [6.07, 6.45) is -0.286. The lowest BCUT2D eigenvalue weighted by Gasteiger charge is -2.11. The third kappa shape index (κ3) is 3.70. The lowest BCUT2D eigenvalue weighted by molar-refractivity contribution is 0.0889. The lowest BCUT2D eigenvalue weighted by atomic mass is 10.1. The number of rotatable bonds is 5. The lowest BCUT2D eigenvalue weighted by Crippen LogP contribution is -2.33. The van der Waals surface area contributed by atoms with Gasteiger partial charge in [-0.1, -0.05) is 42.5 Å². The number of benzene rings is 2. The molecule has 1 unspecified atom stereocenters. The molecule has 5 heteroatoms. The SMILES string of the molecule is O=C(NCC(O)Cc1ccccc1)c1cc(=O)c2ccccc2o1. The van der Waals surface area contributed by atoms with Gasteiger partial charge >= 0.3 is 0 Å². The highest BCUT2D eigenvalue weighted by atomic mass is 16.3. The van der Waals surface area contributed by atoms with Gasteiger partial charge in [0.1, 0.15) is 5.58 Å². The first-order valence-electron chi connectivity index (χ1n) is 7.66. The molecule has 0 aliphatic rings. The second kappa shape index (κ2) is 7.10. The Labute approximate surface area is 138 Å². The van der Waals surface area contributed by atoms with Crippen LogP contribution in [0.4, 0.5) is 0 Å². The smallest absolute Gasteiger partial charge is 0.287 e. The zero-order valence-corrected chi connectivity index (χ0v) is 12.9. The van der Waals surface area contributed by atoms with Crippen molar-refractivity contribution in [1.29, 1.82) is 0 Å². The summed E-state index contributed by atoms with van der Waals surface area (Å²) in [7, 11) is 0. The molecule has 2 aromatic carbocycles. The molecule has 1 amide bonds. The molecule has 1 heterocycles. The maximum atomic E-state index is 12.1. The largest absolute Gasteiger partial charge is 0.451 e. The van der Waals surface area contributed by atoms with E-state index in [0.29, 0.717) is 17.4 Å². The summed E-state index contributed by atoms with van der Waals surface area (Å²) in [5.41, 5.74) is 1.07. The minimum absolute atomic E-state index is 0.0642. The summed E-state index contributed by atoms with van der Waals surface area (Å²) in [5, 5.41) is 13.0. The van der Waals surface area contributed by atoms with E-state index in [1.807, 2.05) is 30.3 Å². The first-order chi connectivity index (χ1) is 11.6. The van der Waals surface area contributed by atoms with Crippen molar-refractivity contribution in [2.24, 2.45) is 0 Å². The molecule has 0 radical (unpaired) electrons. The molecule has 5 nitrogen and oxygen atoms in total. The monoisotopic (exact) mass is 323 g/mol. The van der Waals surface area contributed by atoms with Gasteiger partial charge in [-0.05, 0) is 17.7 Å². The number of amides is 1. The molecule has 24 heavy (non-hydrogen) atoms. The van der Waals surface area contributed by atoms with E-state index in [4.69, 9.17) is 4.42 Å². The van der Waals surface area contributed by atoms with Crippen LogP contribution in [0, 0.1) is 0 Å². The average Bonchev–Trinajstić information content (AvgIpc) is 2.60. The normalized spacial score (nSPS) is 12.0. The quantitative estimate of drug-likeness (QED) is 0.754. The predicted molar refractivity (Wildman–Crippen MR) is 91.0 cm³/mol. The minimum Gasteiger partial charge on any atom is -0.451 e. The standard InChI is InChI=1S/C19H17NO4/c21-14(10-13-6-2-1-3-7-13)12-20-19(23)18-11-16(22)15-8-4-5-9-17(15)24-18/h1-9,11,14,21H,10,12H2,(H,20,23). The number of carbonyl (C=O) groups excluding carboxylic acids is 1. The van der Waals surface area contributed by atoms with Crippen LogP contribution in [0.3, 0.4) is 0 Å². The molecule has 0 saturated heterocycles. The maximum Gasteiger partial charge on any atom is 0.287 e. The van der Waals surface area contributed by atoms with Crippen LogP contribution >= 0.6 is 0 Å². The Morgan fingerprint density at radius 2 is 1.79 bits per heavy atom. The summed E-state index contributed by atoms with van der Waals surface area (Å²) in [6.45, 7) is 0.0737. The number of carbonyl (C=O) groups is 1. The van der Waals surface area contributed by atoms with Gasteiger partial charge in [0.05, 0.1) is 11.5 Å². The fraction of sp³-hybridized carbons (Fsp3) is 0.158. The molecule has 0 aliphatic heterocycles. The Morgan fingerprint density at radius 1 is 1.08 bits per heavy atom. The van der Waals surface area contributed by atoms with Gasteiger partial charge in [-0.2, -0.15) is 0 Å². The van der Waals surface area contributed by atoms with Gasteiger partial charge in [-0.25, -0.2) is 0 Å². The number of aliphatic hydroxyl groups is 1. The van der Waals surface area contributed by atoms with Gasteiger partial charge in [-0.15, -0.1) is 0 Å². The maximum absolute atomic E-state index is 12.1. The Balaban J connectivity index is 1.66. The van der Waals surface area contributed by atoms with E-state index < -0.39 is 12.0 Å². The summed E-state index contributed by atoms with van der Waals surface area (Å²) < 4.78 is 5.46. The molecule has 1 aromatic heterocycles. The molecule has 122 valence electrons. The molecule has 3 aromatic rings. The Morgan fingerprint density at radius 3 is 2.58 bits per heavy atom. The Hall–Kier alpha value is -2.92. The van der Waals surface area contributed by atoms with E-state index in [-0.39, 0.29) is 17.7 Å². The molecule has 0 saturated carbocycles. The van der Waals surface area contributed by atoms with E-state index in [9.17, 15) is 14.7 Å². The second-order valence-electron chi connectivity index (χ2n) is 5.52. The highest BCUT2D eigenvalue weighted by molar-refractivity contribution is 5.93. The summed E-state index contributed by atoms with van der Waals surface area (Å²) in [5.74, 6) is -0.587. The van der Waals surface area contributed by atoms with Crippen LogP contribution in [0.25, 0.3) is 11.0 Å². The molecule has 0 fully saturated rings. The Bertz CT molecular complexity index is 902. The second-order valence-corrected chi connectivity index (χ2v) is 5.52. The van der Waals surface area contributed by atoms with Gasteiger partial charge in [0.2, 0.25) is 0 Å². The van der Waals surface area contributed by atoms with Crippen molar-refractivity contribution in [3.63, 3.8) is 0 Å². The molecule has 3 rings (SSSR count). The zero-order valence-electron chi connectivity index (χ0n) is 12.9. The number of para-hydroxylation sites is 1. The van der Waals surface area contributed by atoms with Crippen LogP contribution in [-0.4, -0.2) is 23.7 Å². The molecule has 0 spiro atoms. The van der Waals surface area contributed by atoms with Crippen molar-refractivity contribution in [3.05, 3.63) is 82.2 Å². The van der Waals surface area contributed by atoms with Crippen LogP contribution in [-0.2, 0) is 6.42 Å². The van der Waals surface area contributed by atoms with Gasteiger partial charge < -0.3 is 14.8 Å². The van der Waals surface area contributed by atoms with E-state index in [1.54, 1.807) is 24.3 Å². The van der Waals surface area contributed by atoms with E-state index >= 15 is 0 Å². The first kappa shape index (κ1) is 16.0. The van der Waals surface area contributed by atoms with E-state index in [2.05, 4.69) is 5.32 Å². The van der Waals surface area contributed by atoms with Crippen molar-refractivity contribution in [2.45, 2.75) is 12.5 Å². The molecular weight excluding hydrogens is 306 g/mol. The molecule has 1 atom stereocenters. The van der Waals surface area contributed by atoms with Gasteiger partial charge in [0, 0.05) is 19.0 Å². The van der Waals surface area contributed by atoms with Crippen molar-refractivity contribution >= 4 is 16.9 Å². The molecule has 2 N–H and O–H groups in total. The minimum atomic E-state index is -0.719. The van der Waals surface area contributed by atoms with Crippen LogP contribution in [0.1, 0.15) is 16.1 Å². The van der Waals surface area contributed by atoms with Gasteiger partial charge in [0.25, 0.3) is 5.91 Å². The van der Waals surface area contributed by atoms with E-state index in [1.165, 1.54) is 6.07 Å². The number of nitrogens with one attached hydrogen (secondary N) is 1. The molecule has 0 bridgehead atoms. The van der Waals surface area contributed by atoms with Crippen molar-refractivity contribution in [1.82, 2.24) is 5.32 Å². The number of aliphatic hydroxyl groups excluding tert-OH is 1. The third-order valence-electron chi connectivity index (χ3n) is 3.67. The third-order valence-corrected chi connectivity index (χ3v) is 3.67. The Kier molecular flexibility index (Phi) is 4.72. The highest BCUT2D eigenvalue weighted by Crippen LogP contribution is 2.11. The number of hydrogen-bond donors (Lipinski definition) is 2. The van der Waals surface area contributed by atoms with Crippen molar-refractivity contribution < 1.29 is 14.3 Å². The fourth-order valence-corrected chi connectivity index (χ4v) is 2.47. The number of fused-ring (bicyclic) bond motifs is 1. The zero-order chi connectivity index (χ0) is 16.9. The van der Waals surface area contributed by atoms with Crippen LogP contribution in [0.5, 0.6) is 0 Å². The average molecular weight is 323 g/mol. The van der Waals surface area contributed by atoms with Crippen LogP contribution in [0.2, 0.25) is 0 Å². The van der Waals surface area contributed by atoms with Crippen molar-refractivity contribution in [2.75, 3.05) is 6.54 Å². The molecular formula is C19H17NO4. The fourth-order valence-electron chi connectivity index (χ4n) is 2.47.